The van der Waals surface area contributed by atoms with Crippen molar-refractivity contribution < 1.29 is 4.79 Å². The maximum Gasteiger partial charge on any atom is 0.248 e. The molecule has 96 valence electrons. The fourth-order valence-electron chi connectivity index (χ4n) is 3.09. The van der Waals surface area contributed by atoms with Gasteiger partial charge in [0.25, 0.3) is 0 Å². The predicted molar refractivity (Wildman–Crippen MR) is 71.7 cm³/mol. The third kappa shape index (κ3) is 2.08. The second-order valence-corrected chi connectivity index (χ2v) is 5.28. The Morgan fingerprint density at radius 2 is 2.06 bits per heavy atom. The van der Waals surface area contributed by atoms with Gasteiger partial charge in [-0.05, 0) is 49.6 Å². The van der Waals surface area contributed by atoms with Crippen LogP contribution >= 0.6 is 0 Å². The highest BCUT2D eigenvalue weighted by Crippen LogP contribution is 2.29. The summed E-state index contributed by atoms with van der Waals surface area (Å²) in [5.41, 5.74) is 7.02. The van der Waals surface area contributed by atoms with Crippen LogP contribution in [0.4, 0.5) is 5.69 Å². The average Bonchev–Trinajstić information content (AvgIpc) is 2.82. The van der Waals surface area contributed by atoms with Crippen LogP contribution in [0, 0.1) is 5.92 Å². The predicted octanol–water partition coefficient (Wildman–Crippen LogP) is 0.974. The molecular weight excluding hydrogens is 226 g/mol. The van der Waals surface area contributed by atoms with E-state index in [0.717, 1.165) is 25.6 Å². The first-order valence-corrected chi connectivity index (χ1v) is 6.62. The quantitative estimate of drug-likeness (QED) is 0.816. The first-order valence-electron chi connectivity index (χ1n) is 6.62. The van der Waals surface area contributed by atoms with Gasteiger partial charge in [-0.25, -0.2) is 0 Å². The first kappa shape index (κ1) is 11.5. The number of nitrogens with zero attached hydrogens (tertiary/aromatic N) is 1. The van der Waals surface area contributed by atoms with Crippen LogP contribution in [0.3, 0.4) is 0 Å². The van der Waals surface area contributed by atoms with Crippen LogP contribution in [-0.2, 0) is 0 Å². The Balaban J connectivity index is 1.73. The molecule has 0 radical (unpaired) electrons. The van der Waals surface area contributed by atoms with E-state index in [1.54, 1.807) is 0 Å². The third-order valence-corrected chi connectivity index (χ3v) is 4.12. The van der Waals surface area contributed by atoms with Crippen molar-refractivity contribution in [1.29, 1.82) is 0 Å². The second kappa shape index (κ2) is 4.61. The molecule has 1 aromatic carbocycles. The number of hydrogen-bond acceptors (Lipinski definition) is 3. The topological polar surface area (TPSA) is 58.4 Å². The van der Waals surface area contributed by atoms with Gasteiger partial charge in [0.1, 0.15) is 0 Å². The van der Waals surface area contributed by atoms with Crippen molar-refractivity contribution in [3.05, 3.63) is 29.8 Å². The van der Waals surface area contributed by atoms with Crippen molar-refractivity contribution in [2.24, 2.45) is 11.7 Å². The van der Waals surface area contributed by atoms with Gasteiger partial charge >= 0.3 is 0 Å². The molecule has 0 aromatic heterocycles. The lowest BCUT2D eigenvalue weighted by Crippen LogP contribution is -2.40. The number of benzene rings is 1. The Kier molecular flexibility index (Phi) is 2.96. The van der Waals surface area contributed by atoms with Crippen LogP contribution in [0.5, 0.6) is 0 Å². The van der Waals surface area contributed by atoms with Gasteiger partial charge in [0.15, 0.2) is 0 Å². The number of hydrogen-bond donors (Lipinski definition) is 2. The fourth-order valence-corrected chi connectivity index (χ4v) is 3.09. The third-order valence-electron chi connectivity index (χ3n) is 4.12. The number of anilines is 1. The van der Waals surface area contributed by atoms with Crippen LogP contribution in [0.25, 0.3) is 0 Å². The van der Waals surface area contributed by atoms with Crippen molar-refractivity contribution in [2.75, 3.05) is 24.5 Å². The molecule has 0 saturated carbocycles. The van der Waals surface area contributed by atoms with E-state index in [4.69, 9.17) is 5.73 Å². The van der Waals surface area contributed by atoms with Gasteiger partial charge in [0.2, 0.25) is 5.91 Å². The molecule has 2 saturated heterocycles. The molecule has 0 aliphatic carbocycles. The molecule has 1 aromatic rings. The summed E-state index contributed by atoms with van der Waals surface area (Å²) in [5, 5.41) is 3.59. The van der Waals surface area contributed by atoms with E-state index in [-0.39, 0.29) is 5.91 Å². The van der Waals surface area contributed by atoms with E-state index in [0.29, 0.717) is 11.6 Å². The zero-order valence-corrected chi connectivity index (χ0v) is 10.4. The van der Waals surface area contributed by atoms with Gasteiger partial charge in [-0.15, -0.1) is 0 Å². The van der Waals surface area contributed by atoms with E-state index in [1.165, 1.54) is 18.5 Å². The molecule has 0 spiro atoms. The summed E-state index contributed by atoms with van der Waals surface area (Å²) in [6.45, 7) is 3.34. The molecule has 2 heterocycles. The zero-order valence-electron chi connectivity index (χ0n) is 10.4. The summed E-state index contributed by atoms with van der Waals surface area (Å²) in [5.74, 6) is 0.410. The summed E-state index contributed by atoms with van der Waals surface area (Å²) in [4.78, 5) is 13.4. The standard InChI is InChI=1S/C14H19N3O/c15-14(18)10-3-5-12(6-4-10)17-8-11-2-1-7-16-13(11)9-17/h3-6,11,13,16H,1-2,7-9H2,(H2,15,18)/t11-,13+/m0/s1. The van der Waals surface area contributed by atoms with Crippen LogP contribution < -0.4 is 16.0 Å². The van der Waals surface area contributed by atoms with E-state index < -0.39 is 0 Å². The minimum absolute atomic E-state index is 0.363. The largest absolute Gasteiger partial charge is 0.370 e. The molecule has 3 N–H and O–H groups in total. The van der Waals surface area contributed by atoms with Crippen molar-refractivity contribution in [1.82, 2.24) is 5.32 Å². The molecule has 0 unspecified atom stereocenters. The van der Waals surface area contributed by atoms with Gasteiger partial charge < -0.3 is 16.0 Å². The van der Waals surface area contributed by atoms with Gasteiger partial charge in [0, 0.05) is 30.4 Å². The van der Waals surface area contributed by atoms with E-state index in [1.807, 2.05) is 24.3 Å². The smallest absolute Gasteiger partial charge is 0.248 e. The number of rotatable bonds is 2. The number of primary amides is 1. The minimum atomic E-state index is -0.363. The Labute approximate surface area is 107 Å². The molecule has 18 heavy (non-hydrogen) atoms. The lowest BCUT2D eigenvalue weighted by atomic mass is 9.94. The van der Waals surface area contributed by atoms with Crippen LogP contribution in [0.15, 0.2) is 24.3 Å². The molecule has 2 fully saturated rings. The van der Waals surface area contributed by atoms with E-state index in [2.05, 4.69) is 10.2 Å². The number of carbonyl (C=O) groups excluding carboxylic acids is 1. The van der Waals surface area contributed by atoms with Crippen molar-refractivity contribution in [3.63, 3.8) is 0 Å². The Morgan fingerprint density at radius 3 is 2.72 bits per heavy atom. The number of nitrogens with two attached hydrogens (primary N) is 1. The fraction of sp³-hybridized carbons (Fsp3) is 0.500. The van der Waals surface area contributed by atoms with Crippen molar-refractivity contribution in [2.45, 2.75) is 18.9 Å². The molecule has 2 atom stereocenters. The highest BCUT2D eigenvalue weighted by Gasteiger charge is 2.34. The number of carbonyl (C=O) groups is 1. The maximum atomic E-state index is 11.0. The Hall–Kier alpha value is -1.55. The van der Waals surface area contributed by atoms with Gasteiger partial charge in [-0.1, -0.05) is 0 Å². The summed E-state index contributed by atoms with van der Waals surface area (Å²) in [6, 6.07) is 8.25. The van der Waals surface area contributed by atoms with Crippen LogP contribution in [-0.4, -0.2) is 31.6 Å². The lowest BCUT2D eigenvalue weighted by Gasteiger charge is -2.24. The lowest BCUT2D eigenvalue weighted by molar-refractivity contribution is 0.100. The molecule has 1 amide bonds. The first-order chi connectivity index (χ1) is 8.74. The summed E-state index contributed by atoms with van der Waals surface area (Å²) in [7, 11) is 0. The van der Waals surface area contributed by atoms with Crippen LogP contribution in [0.1, 0.15) is 23.2 Å². The average molecular weight is 245 g/mol. The molecule has 4 heteroatoms. The maximum absolute atomic E-state index is 11.0. The monoisotopic (exact) mass is 245 g/mol. The normalized spacial score (nSPS) is 27.0. The summed E-state index contributed by atoms with van der Waals surface area (Å²) < 4.78 is 0. The number of piperidine rings is 1. The second-order valence-electron chi connectivity index (χ2n) is 5.28. The summed E-state index contributed by atoms with van der Waals surface area (Å²) >= 11 is 0. The van der Waals surface area contributed by atoms with Gasteiger partial charge in [0.05, 0.1) is 0 Å². The highest BCUT2D eigenvalue weighted by atomic mass is 16.1. The summed E-state index contributed by atoms with van der Waals surface area (Å²) in [6.07, 6.45) is 2.61. The van der Waals surface area contributed by atoms with Crippen molar-refractivity contribution in [3.8, 4) is 0 Å². The molecular formula is C14H19N3O. The molecule has 4 nitrogen and oxygen atoms in total. The van der Waals surface area contributed by atoms with Crippen molar-refractivity contribution >= 4 is 11.6 Å². The zero-order chi connectivity index (χ0) is 12.5. The highest BCUT2D eigenvalue weighted by molar-refractivity contribution is 5.93. The number of fused-ring (bicyclic) bond motifs is 1. The Morgan fingerprint density at radius 1 is 1.28 bits per heavy atom. The molecule has 2 aliphatic heterocycles. The Bertz CT molecular complexity index is 429. The SMILES string of the molecule is NC(=O)c1ccc(N2C[C@@H]3CCCN[C@@H]3C2)cc1. The number of nitrogens with one attached hydrogen (secondary N) is 1. The van der Waals surface area contributed by atoms with Crippen LogP contribution in [0.2, 0.25) is 0 Å². The number of amides is 1. The van der Waals surface area contributed by atoms with E-state index in [9.17, 15) is 4.79 Å². The molecule has 2 aliphatic rings. The molecule has 3 rings (SSSR count). The van der Waals surface area contributed by atoms with Gasteiger partial charge in [-0.2, -0.15) is 0 Å². The van der Waals surface area contributed by atoms with Gasteiger partial charge in [-0.3, -0.25) is 4.79 Å². The minimum Gasteiger partial charge on any atom is -0.370 e. The molecule has 0 bridgehead atoms. The van der Waals surface area contributed by atoms with E-state index >= 15 is 0 Å².